The van der Waals surface area contributed by atoms with Gasteiger partial charge in [-0.05, 0) is 49.7 Å². The molecule has 1 atom stereocenters. The number of carbonyl (C=O) groups excluding carboxylic acids is 2. The van der Waals surface area contributed by atoms with Gasteiger partial charge < -0.3 is 14.8 Å². The van der Waals surface area contributed by atoms with E-state index in [0.717, 1.165) is 0 Å². The predicted molar refractivity (Wildman–Crippen MR) is 103 cm³/mol. The maximum absolute atomic E-state index is 12.2. The van der Waals surface area contributed by atoms with Crippen LogP contribution in [0.4, 0.5) is 0 Å². The Kier molecular flexibility index (Phi) is 6.76. The Balaban J connectivity index is 1.98. The first-order chi connectivity index (χ1) is 13.1. The summed E-state index contributed by atoms with van der Waals surface area (Å²) in [5, 5.41) is 7.82. The van der Waals surface area contributed by atoms with E-state index in [1.165, 1.54) is 26.2 Å². The van der Waals surface area contributed by atoms with Crippen LogP contribution in [-0.2, 0) is 14.8 Å². The topological polar surface area (TPSA) is 125 Å². The van der Waals surface area contributed by atoms with Crippen molar-refractivity contribution in [1.29, 1.82) is 0 Å². The van der Waals surface area contributed by atoms with Crippen molar-refractivity contribution in [2.45, 2.75) is 24.8 Å². The fourth-order valence-electron chi connectivity index (χ4n) is 2.46. The fourth-order valence-corrected chi connectivity index (χ4v) is 2.98. The number of carbonyl (C=O) groups is 2. The lowest BCUT2D eigenvalue weighted by molar-refractivity contribution is -0.123. The van der Waals surface area contributed by atoms with Crippen LogP contribution in [0.5, 0.6) is 11.5 Å². The molecule has 1 amide bonds. The summed E-state index contributed by atoms with van der Waals surface area (Å²) in [7, 11) is -2.32. The fraction of sp³-hybridized carbons (Fsp3) is 0.263. The second-order valence-corrected chi connectivity index (χ2v) is 7.68. The van der Waals surface area contributed by atoms with Crippen LogP contribution in [0.25, 0.3) is 0 Å². The molecular weight excluding hydrogens is 384 g/mol. The molecule has 0 fully saturated rings. The SMILES string of the molecule is COc1cc(C(C)=O)ccc1OCC(=O)NC(C)c1ccc(S(N)(=O)=O)cc1. The van der Waals surface area contributed by atoms with Gasteiger partial charge in [0.15, 0.2) is 23.9 Å². The van der Waals surface area contributed by atoms with E-state index < -0.39 is 10.0 Å². The smallest absolute Gasteiger partial charge is 0.258 e. The zero-order valence-electron chi connectivity index (χ0n) is 15.8. The number of primary sulfonamides is 1. The van der Waals surface area contributed by atoms with Gasteiger partial charge in [0.25, 0.3) is 5.91 Å². The van der Waals surface area contributed by atoms with E-state index >= 15 is 0 Å². The molecule has 28 heavy (non-hydrogen) atoms. The number of benzene rings is 2. The summed E-state index contributed by atoms with van der Waals surface area (Å²) in [5.41, 5.74) is 1.19. The molecule has 2 aromatic rings. The second kappa shape index (κ2) is 8.85. The Hall–Kier alpha value is -2.91. The maximum atomic E-state index is 12.2. The minimum atomic E-state index is -3.76. The van der Waals surface area contributed by atoms with Crippen LogP contribution in [-0.4, -0.2) is 33.8 Å². The summed E-state index contributed by atoms with van der Waals surface area (Å²) in [6.07, 6.45) is 0. The lowest BCUT2D eigenvalue weighted by Crippen LogP contribution is -2.31. The van der Waals surface area contributed by atoms with Crippen LogP contribution in [0.2, 0.25) is 0 Å². The van der Waals surface area contributed by atoms with Crippen molar-refractivity contribution >= 4 is 21.7 Å². The molecule has 0 saturated heterocycles. The van der Waals surface area contributed by atoms with Crippen molar-refractivity contribution < 1.29 is 27.5 Å². The van der Waals surface area contributed by atoms with Gasteiger partial charge in [0, 0.05) is 5.56 Å². The summed E-state index contributed by atoms with van der Waals surface area (Å²) in [4.78, 5) is 23.6. The Bertz CT molecular complexity index is 970. The molecule has 0 spiro atoms. The van der Waals surface area contributed by atoms with E-state index in [2.05, 4.69) is 5.32 Å². The summed E-state index contributed by atoms with van der Waals surface area (Å²) in [6.45, 7) is 2.95. The number of rotatable bonds is 8. The highest BCUT2D eigenvalue weighted by atomic mass is 32.2. The molecule has 8 nitrogen and oxygen atoms in total. The molecule has 1 unspecified atom stereocenters. The molecule has 0 aromatic heterocycles. The number of ether oxygens (including phenoxy) is 2. The number of hydrogen-bond acceptors (Lipinski definition) is 6. The highest BCUT2D eigenvalue weighted by Crippen LogP contribution is 2.28. The summed E-state index contributed by atoms with van der Waals surface area (Å²) in [5.74, 6) is 0.213. The van der Waals surface area contributed by atoms with Crippen LogP contribution in [0, 0.1) is 0 Å². The predicted octanol–water partition coefficient (Wildman–Crippen LogP) is 1.80. The molecule has 150 valence electrons. The first-order valence-electron chi connectivity index (χ1n) is 8.35. The summed E-state index contributed by atoms with van der Waals surface area (Å²) < 4.78 is 33.2. The van der Waals surface area contributed by atoms with Crippen molar-refractivity contribution in [3.05, 3.63) is 53.6 Å². The van der Waals surface area contributed by atoms with E-state index in [9.17, 15) is 18.0 Å². The number of nitrogens with one attached hydrogen (secondary N) is 1. The standard InChI is InChI=1S/C19H22N2O6S/c1-12(14-4-7-16(8-5-14)28(20,24)25)21-19(23)11-27-17-9-6-15(13(2)22)10-18(17)26-3/h4-10,12H,11H2,1-3H3,(H,21,23)(H2,20,24,25). The second-order valence-electron chi connectivity index (χ2n) is 6.11. The minimum absolute atomic E-state index is 0.000729. The molecule has 0 heterocycles. The third-order valence-electron chi connectivity index (χ3n) is 4.02. The molecule has 2 aromatic carbocycles. The van der Waals surface area contributed by atoms with Crippen molar-refractivity contribution in [2.24, 2.45) is 5.14 Å². The van der Waals surface area contributed by atoms with Crippen molar-refractivity contribution in [3.63, 3.8) is 0 Å². The minimum Gasteiger partial charge on any atom is -0.493 e. The summed E-state index contributed by atoms with van der Waals surface area (Å²) in [6, 6.07) is 10.3. The highest BCUT2D eigenvalue weighted by molar-refractivity contribution is 7.89. The number of nitrogens with two attached hydrogens (primary N) is 1. The zero-order chi connectivity index (χ0) is 20.9. The van der Waals surface area contributed by atoms with E-state index in [0.29, 0.717) is 22.6 Å². The van der Waals surface area contributed by atoms with Crippen molar-refractivity contribution in [1.82, 2.24) is 5.32 Å². The quantitative estimate of drug-likeness (QED) is 0.644. The first kappa shape index (κ1) is 21.4. The molecule has 9 heteroatoms. The van der Waals surface area contributed by atoms with E-state index in [-0.39, 0.29) is 29.2 Å². The normalized spacial score (nSPS) is 12.1. The van der Waals surface area contributed by atoms with Gasteiger partial charge >= 0.3 is 0 Å². The third kappa shape index (κ3) is 5.54. The van der Waals surface area contributed by atoms with Crippen LogP contribution in [0.3, 0.4) is 0 Å². The zero-order valence-corrected chi connectivity index (χ0v) is 16.6. The monoisotopic (exact) mass is 406 g/mol. The lowest BCUT2D eigenvalue weighted by Gasteiger charge is -2.16. The average Bonchev–Trinajstić information content (AvgIpc) is 2.65. The van der Waals surface area contributed by atoms with Gasteiger partial charge in [0.2, 0.25) is 10.0 Å². The summed E-state index contributed by atoms with van der Waals surface area (Å²) >= 11 is 0. The number of ketones is 1. The molecule has 0 aliphatic heterocycles. The van der Waals surface area contributed by atoms with Crippen molar-refractivity contribution in [2.75, 3.05) is 13.7 Å². The van der Waals surface area contributed by atoms with Crippen LogP contribution in [0.1, 0.15) is 35.8 Å². The number of Topliss-reactive ketones (excluding diaryl/α,β-unsaturated/α-hetero) is 1. The highest BCUT2D eigenvalue weighted by Gasteiger charge is 2.14. The number of amides is 1. The lowest BCUT2D eigenvalue weighted by atomic mass is 10.1. The van der Waals surface area contributed by atoms with Crippen molar-refractivity contribution in [3.8, 4) is 11.5 Å². The first-order valence-corrected chi connectivity index (χ1v) is 9.90. The van der Waals surface area contributed by atoms with Gasteiger partial charge in [0.1, 0.15) is 0 Å². The molecule has 0 aliphatic carbocycles. The van der Waals surface area contributed by atoms with Gasteiger partial charge in [0.05, 0.1) is 18.0 Å². The molecule has 0 radical (unpaired) electrons. The van der Waals surface area contributed by atoms with E-state index in [1.54, 1.807) is 37.3 Å². The van der Waals surface area contributed by atoms with Gasteiger partial charge in [-0.1, -0.05) is 12.1 Å². The van der Waals surface area contributed by atoms with Gasteiger partial charge in [-0.25, -0.2) is 13.6 Å². The van der Waals surface area contributed by atoms with Crippen LogP contribution in [0.15, 0.2) is 47.4 Å². The molecular formula is C19H22N2O6S. The van der Waals surface area contributed by atoms with E-state index in [1.807, 2.05) is 0 Å². The van der Waals surface area contributed by atoms with Gasteiger partial charge in [-0.15, -0.1) is 0 Å². The molecule has 2 rings (SSSR count). The van der Waals surface area contributed by atoms with Crippen LogP contribution >= 0.6 is 0 Å². The molecule has 3 N–H and O–H groups in total. The maximum Gasteiger partial charge on any atom is 0.258 e. The Morgan fingerprint density at radius 1 is 1.11 bits per heavy atom. The molecule has 0 aliphatic rings. The number of sulfonamides is 1. The third-order valence-corrected chi connectivity index (χ3v) is 4.94. The van der Waals surface area contributed by atoms with Gasteiger partial charge in [-0.3, -0.25) is 9.59 Å². The molecule has 0 saturated carbocycles. The number of methoxy groups -OCH3 is 1. The Morgan fingerprint density at radius 3 is 2.29 bits per heavy atom. The van der Waals surface area contributed by atoms with E-state index in [4.69, 9.17) is 14.6 Å². The average molecular weight is 406 g/mol. The largest absolute Gasteiger partial charge is 0.493 e. The number of hydrogen-bond donors (Lipinski definition) is 2. The van der Waals surface area contributed by atoms with Gasteiger partial charge in [-0.2, -0.15) is 0 Å². The Labute approximate surface area is 163 Å². The Morgan fingerprint density at radius 2 is 1.75 bits per heavy atom. The van der Waals surface area contributed by atoms with Crippen LogP contribution < -0.4 is 19.9 Å². The molecule has 0 bridgehead atoms.